The SMILES string of the molecule is CC(C)NC(=O)O[C@H]1CC[C@@H](c2cc(Nc3nc(-c4cncnc4)cc4nccn34)n[nH]2)[C@@H]1F. The van der Waals surface area contributed by atoms with Crippen LogP contribution in [0.1, 0.15) is 38.3 Å². The third-order valence-corrected chi connectivity index (χ3v) is 5.65. The highest BCUT2D eigenvalue weighted by molar-refractivity contribution is 5.68. The summed E-state index contributed by atoms with van der Waals surface area (Å²) in [6.45, 7) is 3.64. The molecule has 1 fully saturated rings. The minimum Gasteiger partial charge on any atom is -0.443 e. The molecule has 3 atom stereocenters. The van der Waals surface area contributed by atoms with Gasteiger partial charge in [-0.05, 0) is 26.7 Å². The smallest absolute Gasteiger partial charge is 0.407 e. The number of nitrogens with one attached hydrogen (secondary N) is 3. The lowest BCUT2D eigenvalue weighted by molar-refractivity contribution is 0.0555. The lowest BCUT2D eigenvalue weighted by Gasteiger charge is -2.18. The third-order valence-electron chi connectivity index (χ3n) is 5.65. The van der Waals surface area contributed by atoms with Gasteiger partial charge >= 0.3 is 6.09 Å². The molecule has 1 saturated carbocycles. The Labute approximate surface area is 194 Å². The van der Waals surface area contributed by atoms with Crippen LogP contribution in [-0.2, 0) is 4.74 Å². The minimum atomic E-state index is -1.33. The van der Waals surface area contributed by atoms with E-state index in [1.165, 1.54) is 6.33 Å². The average Bonchev–Trinajstić information content (AvgIpc) is 3.55. The van der Waals surface area contributed by atoms with Gasteiger partial charge in [-0.25, -0.2) is 29.1 Å². The summed E-state index contributed by atoms with van der Waals surface area (Å²) in [7, 11) is 0. The molecule has 3 N–H and O–H groups in total. The van der Waals surface area contributed by atoms with E-state index in [1.807, 2.05) is 19.9 Å². The van der Waals surface area contributed by atoms with Crippen LogP contribution in [0.3, 0.4) is 0 Å². The summed E-state index contributed by atoms with van der Waals surface area (Å²) in [5.41, 5.74) is 2.71. The van der Waals surface area contributed by atoms with Gasteiger partial charge < -0.3 is 15.4 Å². The molecule has 1 aliphatic rings. The first-order valence-electron chi connectivity index (χ1n) is 11.0. The third kappa shape index (κ3) is 4.38. The quantitative estimate of drug-likeness (QED) is 0.394. The van der Waals surface area contributed by atoms with Gasteiger partial charge in [-0.15, -0.1) is 0 Å². The number of aromatic amines is 1. The number of carbonyl (C=O) groups is 1. The van der Waals surface area contributed by atoms with Gasteiger partial charge in [0.05, 0.1) is 5.69 Å². The van der Waals surface area contributed by atoms with Crippen molar-refractivity contribution in [3.8, 4) is 11.3 Å². The number of ether oxygens (including phenoxy) is 1. The number of imidazole rings is 1. The first kappa shape index (κ1) is 21.7. The Morgan fingerprint density at radius 1 is 1.26 bits per heavy atom. The van der Waals surface area contributed by atoms with Crippen LogP contribution in [-0.4, -0.2) is 58.9 Å². The van der Waals surface area contributed by atoms with Crippen LogP contribution in [0.4, 0.5) is 21.0 Å². The Balaban J connectivity index is 1.33. The molecule has 0 radical (unpaired) electrons. The lowest BCUT2D eigenvalue weighted by Crippen LogP contribution is -2.36. The van der Waals surface area contributed by atoms with E-state index in [0.29, 0.717) is 41.6 Å². The molecule has 0 saturated heterocycles. The zero-order chi connectivity index (χ0) is 23.7. The van der Waals surface area contributed by atoms with Crippen LogP contribution in [0.5, 0.6) is 0 Å². The Hall–Kier alpha value is -4.09. The van der Waals surface area contributed by atoms with E-state index < -0.39 is 24.3 Å². The number of hydrogen-bond acceptors (Lipinski definition) is 8. The largest absolute Gasteiger partial charge is 0.443 e. The predicted octanol–water partition coefficient (Wildman–Crippen LogP) is 3.37. The Morgan fingerprint density at radius 3 is 2.88 bits per heavy atom. The van der Waals surface area contributed by atoms with Crippen molar-refractivity contribution in [3.05, 3.63) is 48.9 Å². The molecule has 5 rings (SSSR count). The number of alkyl carbamates (subject to hydrolysis) is 1. The van der Waals surface area contributed by atoms with Gasteiger partial charge in [0.1, 0.15) is 24.3 Å². The fraction of sp³-hybridized carbons (Fsp3) is 0.364. The van der Waals surface area contributed by atoms with Crippen LogP contribution in [0.15, 0.2) is 43.2 Å². The zero-order valence-corrected chi connectivity index (χ0v) is 18.6. The molecular formula is C22H24FN9O2. The molecule has 4 heterocycles. The standard InChI is InChI=1S/C22H24FN9O2/c1-12(2)27-22(33)34-17-4-3-14(20(17)23)16-7-18(31-30-16)29-21-28-15(13-9-24-11-25-10-13)8-19-26-5-6-32(19)21/h5-12,14,17,20H,3-4H2,1-2H3,(H,27,33)(H2,28,29,30,31)/t14-,17-,20-/m0/s1. The highest BCUT2D eigenvalue weighted by atomic mass is 19.1. The summed E-state index contributed by atoms with van der Waals surface area (Å²) >= 11 is 0. The number of fused-ring (bicyclic) bond motifs is 1. The van der Waals surface area contributed by atoms with Gasteiger partial charge in [0.25, 0.3) is 0 Å². The predicted molar refractivity (Wildman–Crippen MR) is 121 cm³/mol. The molecular weight excluding hydrogens is 441 g/mol. The molecule has 0 unspecified atom stereocenters. The normalized spacial score (nSPS) is 20.1. The maximum absolute atomic E-state index is 15.1. The second kappa shape index (κ2) is 9.04. The molecule has 0 bridgehead atoms. The van der Waals surface area contributed by atoms with Crippen LogP contribution in [0.25, 0.3) is 16.9 Å². The van der Waals surface area contributed by atoms with Crippen LogP contribution in [0, 0.1) is 0 Å². The van der Waals surface area contributed by atoms with Crippen molar-refractivity contribution in [3.63, 3.8) is 0 Å². The van der Waals surface area contributed by atoms with Crippen LogP contribution >= 0.6 is 0 Å². The number of H-pyrrole nitrogens is 1. The molecule has 0 aliphatic heterocycles. The van der Waals surface area contributed by atoms with Crippen molar-refractivity contribution >= 4 is 23.5 Å². The van der Waals surface area contributed by atoms with Crippen LogP contribution in [0.2, 0.25) is 0 Å². The minimum absolute atomic E-state index is 0.0764. The molecule has 1 aliphatic carbocycles. The van der Waals surface area contributed by atoms with Gasteiger partial charge in [0.15, 0.2) is 5.82 Å². The van der Waals surface area contributed by atoms with Gasteiger partial charge in [-0.1, -0.05) is 0 Å². The Bertz CT molecular complexity index is 1290. The van der Waals surface area contributed by atoms with Crippen molar-refractivity contribution in [2.24, 2.45) is 0 Å². The second-order valence-electron chi connectivity index (χ2n) is 8.45. The fourth-order valence-corrected chi connectivity index (χ4v) is 4.08. The maximum Gasteiger partial charge on any atom is 0.407 e. The monoisotopic (exact) mass is 465 g/mol. The Morgan fingerprint density at radius 2 is 2.09 bits per heavy atom. The second-order valence-corrected chi connectivity index (χ2v) is 8.45. The first-order chi connectivity index (χ1) is 16.5. The van der Waals surface area contributed by atoms with Gasteiger partial charge in [-0.2, -0.15) is 5.10 Å². The number of alkyl halides is 1. The molecule has 4 aromatic rings. The van der Waals surface area contributed by atoms with Crippen LogP contribution < -0.4 is 10.6 Å². The summed E-state index contributed by atoms with van der Waals surface area (Å²) in [5.74, 6) is 0.517. The molecule has 11 nitrogen and oxygen atoms in total. The average molecular weight is 465 g/mol. The van der Waals surface area contributed by atoms with E-state index >= 15 is 4.39 Å². The van der Waals surface area contributed by atoms with Crippen molar-refractivity contribution in [1.29, 1.82) is 0 Å². The summed E-state index contributed by atoms with van der Waals surface area (Å²) in [6.07, 6.45) is 6.51. The van der Waals surface area contributed by atoms with Gasteiger partial charge in [0, 0.05) is 60.1 Å². The number of anilines is 2. The summed E-state index contributed by atoms with van der Waals surface area (Å²) in [6, 6.07) is 3.51. The molecule has 0 spiro atoms. The summed E-state index contributed by atoms with van der Waals surface area (Å²) in [4.78, 5) is 29.0. The highest BCUT2D eigenvalue weighted by Crippen LogP contribution is 2.38. The Kier molecular flexibility index (Phi) is 5.78. The molecule has 0 aromatic carbocycles. The summed E-state index contributed by atoms with van der Waals surface area (Å²) in [5, 5.41) is 13.0. The number of amides is 1. The molecule has 12 heteroatoms. The molecule has 34 heavy (non-hydrogen) atoms. The number of aromatic nitrogens is 7. The fourth-order valence-electron chi connectivity index (χ4n) is 4.08. The van der Waals surface area contributed by atoms with E-state index in [9.17, 15) is 4.79 Å². The molecule has 1 amide bonds. The number of carbonyl (C=O) groups excluding carboxylic acids is 1. The number of nitrogens with zero attached hydrogens (tertiary/aromatic N) is 6. The molecule has 4 aromatic heterocycles. The van der Waals surface area contributed by atoms with E-state index in [0.717, 1.165) is 5.56 Å². The lowest BCUT2D eigenvalue weighted by atomic mass is 10.0. The van der Waals surface area contributed by atoms with E-state index in [-0.39, 0.29) is 6.04 Å². The van der Waals surface area contributed by atoms with Crippen molar-refractivity contribution < 1.29 is 13.9 Å². The van der Waals surface area contributed by atoms with Crippen molar-refractivity contribution in [2.75, 3.05) is 5.32 Å². The van der Waals surface area contributed by atoms with Crippen molar-refractivity contribution in [2.45, 2.75) is 50.9 Å². The maximum atomic E-state index is 15.1. The van der Waals surface area contributed by atoms with Crippen molar-refractivity contribution in [1.82, 2.24) is 39.9 Å². The van der Waals surface area contributed by atoms with Gasteiger partial charge in [-0.3, -0.25) is 9.50 Å². The molecule has 176 valence electrons. The number of halogens is 1. The van der Waals surface area contributed by atoms with E-state index in [4.69, 9.17) is 4.74 Å². The summed E-state index contributed by atoms with van der Waals surface area (Å²) < 4.78 is 22.1. The van der Waals surface area contributed by atoms with E-state index in [2.05, 4.69) is 40.8 Å². The zero-order valence-electron chi connectivity index (χ0n) is 18.6. The van der Waals surface area contributed by atoms with Gasteiger partial charge in [0.2, 0.25) is 5.95 Å². The first-order valence-corrected chi connectivity index (χ1v) is 11.0. The number of rotatable bonds is 6. The topological polar surface area (TPSA) is 135 Å². The highest BCUT2D eigenvalue weighted by Gasteiger charge is 2.40. The number of hydrogen-bond donors (Lipinski definition) is 3. The van der Waals surface area contributed by atoms with E-state index in [1.54, 1.807) is 35.3 Å².